The highest BCUT2D eigenvalue weighted by molar-refractivity contribution is 7.30. The first kappa shape index (κ1) is 10.4. The molecule has 0 aliphatic heterocycles. The largest absolute Gasteiger partial charge is 0.692 e. The van der Waals surface area contributed by atoms with Gasteiger partial charge in [0.1, 0.15) is 0 Å². The molecule has 2 N–H and O–H groups in total. The van der Waals surface area contributed by atoms with Crippen LogP contribution in [0.3, 0.4) is 0 Å². The second-order valence-electron chi connectivity index (χ2n) is 0.525. The molecule has 0 atom stereocenters. The van der Waals surface area contributed by atoms with Gasteiger partial charge >= 0.3 is 8.25 Å². The first-order valence-electron chi connectivity index (χ1n) is 1.39. The van der Waals surface area contributed by atoms with Gasteiger partial charge in [0.05, 0.1) is 0 Å². The van der Waals surface area contributed by atoms with E-state index in [0.29, 0.717) is 0 Å². The van der Waals surface area contributed by atoms with E-state index < -0.39 is 8.25 Å². The number of rotatable bonds is 1. The second-order valence-corrected chi connectivity index (χ2v) is 1.03. The number of carbonyl (C=O) groups excluding carboxylic acids is 2. The molecule has 0 saturated carbocycles. The van der Waals surface area contributed by atoms with Gasteiger partial charge in [-0.15, -0.1) is 9.79 Å². The van der Waals surface area contributed by atoms with Crippen molar-refractivity contribution in [3.05, 3.63) is 0 Å². The minimum Gasteiger partial charge on any atom is -0.295 e. The summed E-state index contributed by atoms with van der Waals surface area (Å²) >= 11 is 0. The number of carbonyl (C=O) groups is 2. The van der Waals surface area contributed by atoms with E-state index in [-0.39, 0.29) is 12.6 Å². The highest BCUT2D eigenvalue weighted by atomic mass is 31.1. The van der Waals surface area contributed by atoms with Gasteiger partial charge in [-0.05, 0) is 0 Å². The SMILES string of the molecule is O=CC=O.O=[P+](O)O. The Hall–Kier alpha value is -0.640. The summed E-state index contributed by atoms with van der Waals surface area (Å²) in [4.78, 5) is 31.9. The molecule has 0 radical (unpaired) electrons. The molecule has 0 aromatic carbocycles. The summed E-state index contributed by atoms with van der Waals surface area (Å²) in [5.74, 6) is 0. The molecule has 0 aromatic rings. The van der Waals surface area contributed by atoms with Crippen molar-refractivity contribution in [1.29, 1.82) is 0 Å². The fraction of sp³-hybridized carbons (Fsp3) is 0. The Kier molecular flexibility index (Phi) is 12.5. The van der Waals surface area contributed by atoms with Crippen LogP contribution in [0.25, 0.3) is 0 Å². The van der Waals surface area contributed by atoms with Crippen LogP contribution in [0.5, 0.6) is 0 Å². The molecule has 0 bridgehead atoms. The third kappa shape index (κ3) is 786. The molecule has 8 heavy (non-hydrogen) atoms. The Morgan fingerprint density at radius 3 is 1.25 bits per heavy atom. The topological polar surface area (TPSA) is 91.7 Å². The smallest absolute Gasteiger partial charge is 0.295 e. The first-order valence-corrected chi connectivity index (χ1v) is 2.55. The molecule has 0 unspecified atom stereocenters. The van der Waals surface area contributed by atoms with Crippen LogP contribution >= 0.6 is 8.25 Å². The molecule has 46 valence electrons. The van der Waals surface area contributed by atoms with Crippen molar-refractivity contribution in [2.45, 2.75) is 0 Å². The maximum Gasteiger partial charge on any atom is 0.692 e. The quantitative estimate of drug-likeness (QED) is 0.276. The lowest BCUT2D eigenvalue weighted by Crippen LogP contribution is -1.62. The van der Waals surface area contributed by atoms with E-state index in [1.54, 1.807) is 0 Å². The van der Waals surface area contributed by atoms with E-state index in [1.807, 2.05) is 0 Å². The van der Waals surface area contributed by atoms with Gasteiger partial charge in [0.15, 0.2) is 12.6 Å². The van der Waals surface area contributed by atoms with Gasteiger partial charge in [-0.25, -0.2) is 0 Å². The van der Waals surface area contributed by atoms with Gasteiger partial charge in [0.25, 0.3) is 0 Å². The van der Waals surface area contributed by atoms with Gasteiger partial charge in [0.2, 0.25) is 0 Å². The third-order valence-corrected chi connectivity index (χ3v) is 0.0556. The van der Waals surface area contributed by atoms with Crippen molar-refractivity contribution in [2.75, 3.05) is 0 Å². The predicted octanol–water partition coefficient (Wildman–Crippen LogP) is -0.987. The van der Waals surface area contributed by atoms with E-state index in [0.717, 1.165) is 0 Å². The maximum atomic E-state index is 8.81. The van der Waals surface area contributed by atoms with Crippen molar-refractivity contribution < 1.29 is 23.9 Å². The van der Waals surface area contributed by atoms with Gasteiger partial charge in [-0.3, -0.25) is 9.59 Å². The van der Waals surface area contributed by atoms with Crippen LogP contribution < -0.4 is 0 Å². The van der Waals surface area contributed by atoms with Crippen LogP contribution in [-0.2, 0) is 14.2 Å². The fourth-order valence-corrected chi connectivity index (χ4v) is 0. The van der Waals surface area contributed by atoms with Crippen molar-refractivity contribution in [3.8, 4) is 0 Å². The van der Waals surface area contributed by atoms with Crippen LogP contribution in [-0.4, -0.2) is 22.4 Å². The van der Waals surface area contributed by atoms with Crippen molar-refractivity contribution >= 4 is 20.8 Å². The molecule has 0 spiro atoms. The van der Waals surface area contributed by atoms with Crippen LogP contribution in [0.4, 0.5) is 0 Å². The lowest BCUT2D eigenvalue weighted by molar-refractivity contribution is -0.122. The molecule has 5 nitrogen and oxygen atoms in total. The fourth-order valence-electron chi connectivity index (χ4n) is 0. The van der Waals surface area contributed by atoms with Gasteiger partial charge < -0.3 is 0 Å². The minimum atomic E-state index is -2.87. The summed E-state index contributed by atoms with van der Waals surface area (Å²) in [6.07, 6.45) is 0.389. The summed E-state index contributed by atoms with van der Waals surface area (Å²) in [5, 5.41) is 0. The summed E-state index contributed by atoms with van der Waals surface area (Å²) < 4.78 is 8.70. The zero-order chi connectivity index (χ0) is 6.99. The molecule has 0 aromatic heterocycles. The lowest BCUT2D eigenvalue weighted by atomic mass is 10.9. The van der Waals surface area contributed by atoms with Gasteiger partial charge in [0, 0.05) is 4.57 Å². The Morgan fingerprint density at radius 2 is 1.25 bits per heavy atom. The highest BCUT2D eigenvalue weighted by Gasteiger charge is 1.93. The summed E-state index contributed by atoms with van der Waals surface area (Å²) in [6.45, 7) is 0. The monoisotopic (exact) mass is 139 g/mol. The second kappa shape index (κ2) is 9.61. The van der Waals surface area contributed by atoms with E-state index in [2.05, 4.69) is 0 Å². The molecule has 6 heteroatoms. The van der Waals surface area contributed by atoms with E-state index in [9.17, 15) is 0 Å². The number of hydrogen-bond donors (Lipinski definition) is 2. The van der Waals surface area contributed by atoms with E-state index in [4.69, 9.17) is 23.9 Å². The summed E-state index contributed by atoms with van der Waals surface area (Å²) in [5.41, 5.74) is 0. The van der Waals surface area contributed by atoms with Crippen LogP contribution in [0.1, 0.15) is 0 Å². The van der Waals surface area contributed by atoms with Gasteiger partial charge in [-0.1, -0.05) is 0 Å². The van der Waals surface area contributed by atoms with Crippen molar-refractivity contribution in [1.82, 2.24) is 0 Å². The Balaban J connectivity index is 0. The van der Waals surface area contributed by atoms with Crippen LogP contribution in [0.15, 0.2) is 0 Å². The molecule has 0 aliphatic carbocycles. The zero-order valence-corrected chi connectivity index (χ0v) is 4.62. The van der Waals surface area contributed by atoms with Crippen LogP contribution in [0.2, 0.25) is 0 Å². The number of hydrogen-bond acceptors (Lipinski definition) is 3. The standard InChI is InChI=1S/C2H2O2.HO3P/c3-1-2-4;1-4(2)3/h1-2H;(H-,1,2,3)/p+1. The number of aldehydes is 2. The van der Waals surface area contributed by atoms with E-state index >= 15 is 0 Å². The minimum absolute atomic E-state index is 0.194. The average Bonchev–Trinajstić information content (AvgIpc) is 1.65. The van der Waals surface area contributed by atoms with Crippen molar-refractivity contribution in [3.63, 3.8) is 0 Å². The average molecular weight is 139 g/mol. The molecule has 0 aliphatic rings. The lowest BCUT2D eigenvalue weighted by Gasteiger charge is -1.34. The Morgan fingerprint density at radius 1 is 1.12 bits per heavy atom. The molecule has 0 rings (SSSR count). The normalized spacial score (nSPS) is 5.75. The molecule has 0 fully saturated rings. The molecular weight excluding hydrogens is 135 g/mol. The highest BCUT2D eigenvalue weighted by Crippen LogP contribution is 1.98. The maximum absolute atomic E-state index is 8.81. The van der Waals surface area contributed by atoms with Crippen molar-refractivity contribution in [2.24, 2.45) is 0 Å². The van der Waals surface area contributed by atoms with Crippen LogP contribution in [0, 0.1) is 0 Å². The van der Waals surface area contributed by atoms with Gasteiger partial charge in [-0.2, -0.15) is 0 Å². The molecule has 0 saturated heterocycles. The molecular formula is C2H4O5P+. The Bertz CT molecular complexity index is 78.4. The summed E-state index contributed by atoms with van der Waals surface area (Å²) in [6, 6.07) is 0. The molecule has 0 amide bonds. The Labute approximate surface area is 45.9 Å². The predicted molar refractivity (Wildman–Crippen MR) is 24.2 cm³/mol. The summed E-state index contributed by atoms with van der Waals surface area (Å²) in [7, 11) is -2.87. The molecule has 0 heterocycles. The third-order valence-electron chi connectivity index (χ3n) is 0.0556. The first-order chi connectivity index (χ1) is 3.65. The zero-order valence-electron chi connectivity index (χ0n) is 3.72. The van der Waals surface area contributed by atoms with E-state index in [1.165, 1.54) is 0 Å².